The Hall–Kier alpha value is -0.0200. The average Bonchev–Trinajstić information content (AvgIpc) is 2.96. The molecule has 0 radical (unpaired) electrons. The molecule has 0 aromatic carbocycles. The summed E-state index contributed by atoms with van der Waals surface area (Å²) in [4.78, 5) is 11.4. The monoisotopic (exact) mass is 468 g/mol. The number of thiazole rings is 1. The fourth-order valence-corrected chi connectivity index (χ4v) is 4.61. The van der Waals surface area contributed by atoms with Gasteiger partial charge in [-0.1, -0.05) is 6.92 Å². The quantitative estimate of drug-likeness (QED) is 0.299. The lowest BCUT2D eigenvalue weighted by Crippen LogP contribution is -2.48. The number of nitrogens with zero attached hydrogens (tertiary/aromatic N) is 3. The molecule has 7 heteroatoms. The van der Waals surface area contributed by atoms with Gasteiger partial charge in [0.05, 0.1) is 5.01 Å². The van der Waals surface area contributed by atoms with Gasteiger partial charge in [-0.05, 0) is 32.6 Å². The van der Waals surface area contributed by atoms with Gasteiger partial charge in [0.2, 0.25) is 0 Å². The third kappa shape index (κ3) is 7.17. The van der Waals surface area contributed by atoms with E-state index in [9.17, 15) is 0 Å². The molecule has 1 atom stereocenters. The highest BCUT2D eigenvalue weighted by Gasteiger charge is 2.21. The van der Waals surface area contributed by atoms with E-state index in [4.69, 9.17) is 0 Å². The normalized spacial score (nSPS) is 18.7. The number of hydrogen-bond acceptors (Lipinski definition) is 4. The molecule has 132 valence electrons. The smallest absolute Gasteiger partial charge is 0.193 e. The SMILES string of the molecule is CCC1CN(C(=NC)NCCCCc2nc(C)cs2)CCS1.I. The summed E-state index contributed by atoms with van der Waals surface area (Å²) in [6.45, 7) is 7.57. The third-order valence-electron chi connectivity index (χ3n) is 3.87. The fraction of sp³-hybridized carbons (Fsp3) is 0.750. The number of thioether (sulfide) groups is 1. The largest absolute Gasteiger partial charge is 0.356 e. The van der Waals surface area contributed by atoms with Crippen molar-refractivity contribution >= 4 is 53.0 Å². The Morgan fingerprint density at radius 3 is 2.96 bits per heavy atom. The molecule has 23 heavy (non-hydrogen) atoms. The summed E-state index contributed by atoms with van der Waals surface area (Å²) in [6, 6.07) is 0. The van der Waals surface area contributed by atoms with Crippen LogP contribution in [0.4, 0.5) is 0 Å². The summed E-state index contributed by atoms with van der Waals surface area (Å²) >= 11 is 3.87. The Balaban J connectivity index is 0.00000264. The first kappa shape index (κ1) is 21.0. The molecule has 0 spiro atoms. The van der Waals surface area contributed by atoms with E-state index in [-0.39, 0.29) is 24.0 Å². The second kappa shape index (κ2) is 11.5. The van der Waals surface area contributed by atoms with Crippen molar-refractivity contribution < 1.29 is 0 Å². The number of aromatic nitrogens is 1. The Kier molecular flexibility index (Phi) is 10.5. The van der Waals surface area contributed by atoms with Gasteiger partial charge in [-0.15, -0.1) is 35.3 Å². The van der Waals surface area contributed by atoms with Gasteiger partial charge in [-0.2, -0.15) is 11.8 Å². The van der Waals surface area contributed by atoms with Crippen molar-refractivity contribution in [3.05, 3.63) is 16.1 Å². The van der Waals surface area contributed by atoms with Crippen LogP contribution < -0.4 is 5.32 Å². The minimum Gasteiger partial charge on any atom is -0.356 e. The summed E-state index contributed by atoms with van der Waals surface area (Å²) in [6.07, 6.45) is 4.68. The van der Waals surface area contributed by atoms with E-state index in [1.165, 1.54) is 23.6 Å². The van der Waals surface area contributed by atoms with Gasteiger partial charge in [0.1, 0.15) is 0 Å². The zero-order valence-corrected chi connectivity index (χ0v) is 18.3. The van der Waals surface area contributed by atoms with E-state index in [1.54, 1.807) is 11.3 Å². The predicted molar refractivity (Wildman–Crippen MR) is 115 cm³/mol. The Labute approximate surface area is 166 Å². The highest BCUT2D eigenvalue weighted by Crippen LogP contribution is 2.21. The summed E-state index contributed by atoms with van der Waals surface area (Å²) in [5, 5.41) is 7.67. The summed E-state index contributed by atoms with van der Waals surface area (Å²) < 4.78 is 0. The van der Waals surface area contributed by atoms with Crippen molar-refractivity contribution in [1.82, 2.24) is 15.2 Å². The number of nitrogens with one attached hydrogen (secondary N) is 1. The molecule has 1 fully saturated rings. The summed E-state index contributed by atoms with van der Waals surface area (Å²) in [7, 11) is 1.89. The van der Waals surface area contributed by atoms with Crippen LogP contribution in [0.3, 0.4) is 0 Å². The molecule has 0 amide bonds. The van der Waals surface area contributed by atoms with Crippen molar-refractivity contribution in [3.8, 4) is 0 Å². The van der Waals surface area contributed by atoms with Gasteiger partial charge in [0.15, 0.2) is 5.96 Å². The molecule has 0 saturated carbocycles. The van der Waals surface area contributed by atoms with E-state index in [0.717, 1.165) is 49.4 Å². The maximum Gasteiger partial charge on any atom is 0.193 e. The lowest BCUT2D eigenvalue weighted by Gasteiger charge is -2.34. The van der Waals surface area contributed by atoms with Crippen LogP contribution in [0.2, 0.25) is 0 Å². The van der Waals surface area contributed by atoms with Crippen molar-refractivity contribution in [2.75, 3.05) is 32.4 Å². The van der Waals surface area contributed by atoms with E-state index < -0.39 is 0 Å². The number of halogens is 1. The van der Waals surface area contributed by atoms with Crippen molar-refractivity contribution in [1.29, 1.82) is 0 Å². The highest BCUT2D eigenvalue weighted by atomic mass is 127. The average molecular weight is 468 g/mol. The minimum absolute atomic E-state index is 0. The topological polar surface area (TPSA) is 40.5 Å². The van der Waals surface area contributed by atoms with Gasteiger partial charge in [0, 0.05) is 48.8 Å². The zero-order chi connectivity index (χ0) is 15.8. The Morgan fingerprint density at radius 1 is 1.48 bits per heavy atom. The molecule has 1 aromatic rings. The lowest BCUT2D eigenvalue weighted by atomic mass is 10.2. The summed E-state index contributed by atoms with van der Waals surface area (Å²) in [5.41, 5.74) is 1.15. The molecule has 1 unspecified atom stereocenters. The highest BCUT2D eigenvalue weighted by molar-refractivity contribution is 14.0. The predicted octanol–water partition coefficient (Wildman–Crippen LogP) is 3.80. The van der Waals surface area contributed by atoms with Crippen LogP contribution in [-0.4, -0.2) is 53.5 Å². The standard InChI is InChI=1S/C16H28N4S2.HI/c1-4-14-11-20(9-10-21-14)16(17-3)18-8-6-5-7-15-19-13(2)12-22-15;/h12,14H,4-11H2,1-3H3,(H,17,18);1H. The van der Waals surface area contributed by atoms with Crippen LogP contribution in [-0.2, 0) is 6.42 Å². The molecular formula is C16H29IN4S2. The van der Waals surface area contributed by atoms with Crippen LogP contribution in [0.25, 0.3) is 0 Å². The molecule has 2 rings (SSSR count). The number of aryl methyl sites for hydroxylation is 2. The van der Waals surface area contributed by atoms with E-state index >= 15 is 0 Å². The van der Waals surface area contributed by atoms with Crippen LogP contribution in [0, 0.1) is 6.92 Å². The van der Waals surface area contributed by atoms with Gasteiger partial charge in [-0.25, -0.2) is 4.98 Å². The summed E-state index contributed by atoms with van der Waals surface area (Å²) in [5.74, 6) is 2.28. The first-order valence-corrected chi connectivity index (χ1v) is 10.1. The first-order valence-electron chi connectivity index (χ1n) is 8.21. The van der Waals surface area contributed by atoms with Crippen molar-refractivity contribution in [2.45, 2.75) is 44.8 Å². The Bertz CT molecular complexity index is 478. The number of unbranched alkanes of at least 4 members (excludes halogenated alkanes) is 1. The molecule has 1 saturated heterocycles. The van der Waals surface area contributed by atoms with E-state index in [1.807, 2.05) is 7.05 Å². The van der Waals surface area contributed by atoms with E-state index in [2.05, 4.69) is 51.2 Å². The lowest BCUT2D eigenvalue weighted by molar-refractivity contribution is 0.407. The van der Waals surface area contributed by atoms with Crippen LogP contribution in [0.5, 0.6) is 0 Å². The second-order valence-electron chi connectivity index (χ2n) is 5.66. The van der Waals surface area contributed by atoms with Crippen LogP contribution in [0.15, 0.2) is 10.4 Å². The van der Waals surface area contributed by atoms with Gasteiger partial charge in [-0.3, -0.25) is 4.99 Å². The van der Waals surface area contributed by atoms with E-state index in [0.29, 0.717) is 0 Å². The molecule has 2 heterocycles. The third-order valence-corrected chi connectivity index (χ3v) is 6.27. The number of rotatable bonds is 6. The molecule has 1 N–H and O–H groups in total. The van der Waals surface area contributed by atoms with Crippen LogP contribution in [0.1, 0.15) is 36.9 Å². The number of guanidine groups is 1. The first-order chi connectivity index (χ1) is 10.7. The second-order valence-corrected chi connectivity index (χ2v) is 8.01. The molecule has 1 aromatic heterocycles. The molecule has 4 nitrogen and oxygen atoms in total. The minimum atomic E-state index is 0. The van der Waals surface area contributed by atoms with Crippen molar-refractivity contribution in [3.63, 3.8) is 0 Å². The molecular weight excluding hydrogens is 439 g/mol. The number of aliphatic imine (C=N–C) groups is 1. The Morgan fingerprint density at radius 2 is 2.30 bits per heavy atom. The van der Waals surface area contributed by atoms with Crippen LogP contribution >= 0.6 is 47.1 Å². The zero-order valence-electron chi connectivity index (χ0n) is 14.4. The number of hydrogen-bond donors (Lipinski definition) is 1. The fourth-order valence-electron chi connectivity index (χ4n) is 2.61. The molecule has 1 aliphatic heterocycles. The van der Waals surface area contributed by atoms with Gasteiger partial charge < -0.3 is 10.2 Å². The molecule has 0 aliphatic carbocycles. The molecule has 0 bridgehead atoms. The maximum atomic E-state index is 4.51. The maximum absolute atomic E-state index is 4.51. The van der Waals surface area contributed by atoms with Gasteiger partial charge >= 0.3 is 0 Å². The van der Waals surface area contributed by atoms with Gasteiger partial charge in [0.25, 0.3) is 0 Å². The molecule has 1 aliphatic rings. The van der Waals surface area contributed by atoms with Crippen molar-refractivity contribution in [2.24, 2.45) is 4.99 Å².